The molecule has 0 saturated carbocycles. The molecule has 9 heteroatoms. The van der Waals surface area contributed by atoms with E-state index >= 15 is 0 Å². The second-order valence-corrected chi connectivity index (χ2v) is 6.23. The van der Waals surface area contributed by atoms with Gasteiger partial charge in [-0.3, -0.25) is 34.7 Å². The molecule has 2 heterocycles. The second kappa shape index (κ2) is 7.22. The first-order valence-corrected chi connectivity index (χ1v) is 8.40. The van der Waals surface area contributed by atoms with E-state index in [9.17, 15) is 24.3 Å². The highest BCUT2D eigenvalue weighted by Crippen LogP contribution is 2.32. The van der Waals surface area contributed by atoms with Crippen molar-refractivity contribution < 1.29 is 24.3 Å². The number of benzene rings is 1. The van der Waals surface area contributed by atoms with E-state index < -0.39 is 35.9 Å². The van der Waals surface area contributed by atoms with Gasteiger partial charge in [0, 0.05) is 25.2 Å². The number of carbonyl (C=O) groups excluding carboxylic acids is 4. The molecule has 1 aromatic rings. The van der Waals surface area contributed by atoms with Crippen LogP contribution in [0.4, 0.5) is 5.69 Å². The average molecular weight is 360 g/mol. The predicted molar refractivity (Wildman–Crippen MR) is 91.3 cm³/mol. The van der Waals surface area contributed by atoms with Crippen LogP contribution >= 0.6 is 0 Å². The first-order chi connectivity index (χ1) is 12.4. The molecule has 2 aliphatic heterocycles. The van der Waals surface area contributed by atoms with E-state index in [0.29, 0.717) is 18.8 Å². The summed E-state index contributed by atoms with van der Waals surface area (Å²) in [7, 11) is 0. The van der Waals surface area contributed by atoms with E-state index in [0.717, 1.165) is 4.90 Å². The molecule has 9 nitrogen and oxygen atoms in total. The molecule has 1 aromatic carbocycles. The largest absolute Gasteiger partial charge is 0.383 e. The highest BCUT2D eigenvalue weighted by Gasteiger charge is 2.45. The Morgan fingerprint density at radius 2 is 2.00 bits per heavy atom. The van der Waals surface area contributed by atoms with Gasteiger partial charge in [-0.25, -0.2) is 0 Å². The van der Waals surface area contributed by atoms with Crippen LogP contribution in [0.25, 0.3) is 0 Å². The number of piperidine rings is 1. The number of aliphatic hydroxyl groups excluding tert-OH is 1. The highest BCUT2D eigenvalue weighted by atomic mass is 16.3. The molecular weight excluding hydrogens is 340 g/mol. The topological polar surface area (TPSA) is 128 Å². The van der Waals surface area contributed by atoms with Crippen molar-refractivity contribution in [1.82, 2.24) is 15.5 Å². The summed E-state index contributed by atoms with van der Waals surface area (Å²) in [5.41, 5.74) is 0.940. The summed E-state index contributed by atoms with van der Waals surface area (Å²) in [5, 5.41) is 17.3. The third-order valence-corrected chi connectivity index (χ3v) is 4.35. The molecule has 0 radical (unpaired) electrons. The van der Waals surface area contributed by atoms with Crippen LogP contribution in [-0.2, 0) is 9.59 Å². The van der Waals surface area contributed by atoms with Crippen LogP contribution in [0.1, 0.15) is 40.5 Å². The van der Waals surface area contributed by atoms with Crippen molar-refractivity contribution in [3.05, 3.63) is 29.3 Å². The van der Waals surface area contributed by atoms with Gasteiger partial charge in [0.25, 0.3) is 11.8 Å². The van der Waals surface area contributed by atoms with E-state index in [2.05, 4.69) is 16.0 Å². The molecule has 26 heavy (non-hydrogen) atoms. The quantitative estimate of drug-likeness (QED) is 0.304. The molecule has 0 aromatic heterocycles. The summed E-state index contributed by atoms with van der Waals surface area (Å²) in [6.45, 7) is 2.49. The van der Waals surface area contributed by atoms with Crippen molar-refractivity contribution in [1.29, 1.82) is 0 Å². The van der Waals surface area contributed by atoms with Gasteiger partial charge in [0.1, 0.15) is 12.3 Å². The van der Waals surface area contributed by atoms with Crippen molar-refractivity contribution in [2.24, 2.45) is 0 Å². The number of imide groups is 2. The Morgan fingerprint density at radius 3 is 2.69 bits per heavy atom. The number of anilines is 1. The summed E-state index contributed by atoms with van der Waals surface area (Å²) in [5.74, 6) is -2.13. The van der Waals surface area contributed by atoms with Gasteiger partial charge in [0.05, 0.1) is 11.1 Å². The average Bonchev–Trinajstić information content (AvgIpc) is 2.84. The number of nitrogens with zero attached hydrogens (tertiary/aromatic N) is 1. The molecule has 4 N–H and O–H groups in total. The maximum absolute atomic E-state index is 12.8. The van der Waals surface area contributed by atoms with E-state index in [1.54, 1.807) is 25.1 Å². The molecule has 3 rings (SSSR count). The van der Waals surface area contributed by atoms with Crippen LogP contribution in [0.15, 0.2) is 18.2 Å². The van der Waals surface area contributed by atoms with Gasteiger partial charge in [-0.1, -0.05) is 6.07 Å². The van der Waals surface area contributed by atoms with Gasteiger partial charge in [0.2, 0.25) is 11.8 Å². The van der Waals surface area contributed by atoms with Crippen molar-refractivity contribution in [2.45, 2.75) is 32.0 Å². The zero-order chi connectivity index (χ0) is 18.8. The molecule has 1 fully saturated rings. The Balaban J connectivity index is 1.80. The molecule has 2 unspecified atom stereocenters. The van der Waals surface area contributed by atoms with Crippen LogP contribution in [0, 0.1) is 0 Å². The fourth-order valence-corrected chi connectivity index (χ4v) is 3.14. The zero-order valence-corrected chi connectivity index (χ0v) is 14.2. The van der Waals surface area contributed by atoms with Crippen LogP contribution in [-0.4, -0.2) is 59.0 Å². The monoisotopic (exact) mass is 360 g/mol. The van der Waals surface area contributed by atoms with Crippen LogP contribution < -0.4 is 16.0 Å². The van der Waals surface area contributed by atoms with E-state index in [4.69, 9.17) is 0 Å². The highest BCUT2D eigenvalue weighted by molar-refractivity contribution is 6.25. The third kappa shape index (κ3) is 3.31. The minimum atomic E-state index is -0.982. The molecule has 138 valence electrons. The lowest BCUT2D eigenvalue weighted by Gasteiger charge is -2.27. The molecule has 0 spiro atoms. The minimum absolute atomic E-state index is 0.0833. The van der Waals surface area contributed by atoms with Crippen LogP contribution in [0.5, 0.6) is 0 Å². The summed E-state index contributed by atoms with van der Waals surface area (Å²) in [4.78, 5) is 49.8. The fraction of sp³-hybridized carbons (Fsp3) is 0.412. The number of fused-ring (bicyclic) bond motifs is 1. The van der Waals surface area contributed by atoms with Gasteiger partial charge in [-0.2, -0.15) is 0 Å². The number of hydrogen-bond donors (Lipinski definition) is 4. The maximum Gasteiger partial charge on any atom is 0.264 e. The van der Waals surface area contributed by atoms with Crippen molar-refractivity contribution in [3.63, 3.8) is 0 Å². The van der Waals surface area contributed by atoms with Crippen LogP contribution in [0.3, 0.4) is 0 Å². The number of amides is 4. The first kappa shape index (κ1) is 18.0. The lowest BCUT2D eigenvalue weighted by atomic mass is 10.0. The molecule has 4 amide bonds. The molecular formula is C17H20N4O5. The van der Waals surface area contributed by atoms with Crippen molar-refractivity contribution in [2.75, 3.05) is 18.4 Å². The van der Waals surface area contributed by atoms with Gasteiger partial charge in [-0.05, 0) is 25.5 Å². The smallest absolute Gasteiger partial charge is 0.264 e. The normalized spacial score (nSPS) is 20.8. The van der Waals surface area contributed by atoms with E-state index in [1.807, 2.05) is 0 Å². The van der Waals surface area contributed by atoms with E-state index in [-0.39, 0.29) is 24.0 Å². The Kier molecular flexibility index (Phi) is 5.01. The van der Waals surface area contributed by atoms with Gasteiger partial charge in [0.15, 0.2) is 0 Å². The molecule has 0 aliphatic carbocycles. The number of nitrogens with one attached hydrogen (secondary N) is 3. The number of hydrogen-bond acceptors (Lipinski definition) is 7. The summed E-state index contributed by atoms with van der Waals surface area (Å²) >= 11 is 0. The maximum atomic E-state index is 12.8. The Bertz CT molecular complexity index is 776. The lowest BCUT2D eigenvalue weighted by Crippen LogP contribution is -2.54. The summed E-state index contributed by atoms with van der Waals surface area (Å²) in [6, 6.07) is 3.90. The van der Waals surface area contributed by atoms with E-state index in [1.165, 1.54) is 0 Å². The van der Waals surface area contributed by atoms with Gasteiger partial charge >= 0.3 is 0 Å². The van der Waals surface area contributed by atoms with Gasteiger partial charge < -0.3 is 10.4 Å². The van der Waals surface area contributed by atoms with Gasteiger partial charge in [-0.15, -0.1) is 0 Å². The minimum Gasteiger partial charge on any atom is -0.383 e. The Morgan fingerprint density at radius 1 is 1.23 bits per heavy atom. The molecule has 0 bridgehead atoms. The van der Waals surface area contributed by atoms with Crippen molar-refractivity contribution >= 4 is 29.3 Å². The number of rotatable bonds is 6. The Labute approximate surface area is 149 Å². The standard InChI is InChI=1S/C17H20N4O5/c1-9(22)18-7-8-19-11-4-2-3-10-14(11)17(26)21(16(10)25)12-5-6-13(23)20-15(12)24/h2-4,9,12,18-19,22H,5-8H2,1H3,(H,20,23,24). The van der Waals surface area contributed by atoms with Crippen LogP contribution in [0.2, 0.25) is 0 Å². The number of carbonyl (C=O) groups is 4. The third-order valence-electron chi connectivity index (χ3n) is 4.35. The zero-order valence-electron chi connectivity index (χ0n) is 14.2. The molecule has 2 aliphatic rings. The summed E-state index contributed by atoms with van der Waals surface area (Å²) in [6.07, 6.45) is -0.443. The fourth-order valence-electron chi connectivity index (χ4n) is 3.14. The van der Waals surface area contributed by atoms with Crippen molar-refractivity contribution in [3.8, 4) is 0 Å². The lowest BCUT2D eigenvalue weighted by molar-refractivity contribution is -0.136. The SMILES string of the molecule is CC(O)NCCNc1cccc2c1C(=O)N(C1CCC(=O)NC1=O)C2=O. The molecule has 2 atom stereocenters. The number of aliphatic hydroxyl groups is 1. The molecule has 1 saturated heterocycles. The predicted octanol–water partition coefficient (Wildman–Crippen LogP) is -0.572. The Hall–Kier alpha value is -2.78. The summed E-state index contributed by atoms with van der Waals surface area (Å²) < 4.78 is 0. The first-order valence-electron chi connectivity index (χ1n) is 8.40. The second-order valence-electron chi connectivity index (χ2n) is 6.23.